The number of ketones is 1. The van der Waals surface area contributed by atoms with E-state index in [9.17, 15) is 19.2 Å². The van der Waals surface area contributed by atoms with Crippen LogP contribution in [0.4, 0.5) is 10.5 Å². The van der Waals surface area contributed by atoms with Gasteiger partial charge in [0.25, 0.3) is 0 Å². The maximum atomic E-state index is 12.9. The second kappa shape index (κ2) is 10.9. The normalized spacial score (nSPS) is 11.9. The summed E-state index contributed by atoms with van der Waals surface area (Å²) >= 11 is 3.31. The molecule has 0 saturated carbocycles. The summed E-state index contributed by atoms with van der Waals surface area (Å²) in [6.45, 7) is 4.99. The molecule has 2 aromatic rings. The molecule has 0 aliphatic carbocycles. The number of aromatic nitrogens is 1. The summed E-state index contributed by atoms with van der Waals surface area (Å²) in [6.07, 6.45) is 0.105. The summed E-state index contributed by atoms with van der Waals surface area (Å²) in [5, 5.41) is 14.0. The number of carboxylic acid groups (broad SMARTS) is 1. The van der Waals surface area contributed by atoms with Crippen LogP contribution in [0.5, 0.6) is 0 Å². The number of alkyl carbamates (subject to hydrolysis) is 1. The van der Waals surface area contributed by atoms with Crippen molar-refractivity contribution in [2.45, 2.75) is 45.3 Å². The van der Waals surface area contributed by atoms with Gasteiger partial charge in [-0.3, -0.25) is 19.4 Å². The SMILES string of the molecule is CC(C)(C)OC(=O)N[C@@H](CCC(=O)O)C(=O)Nc1ccc(Br)cc1C(=O)c1ccccn1. The molecule has 1 atom stereocenters. The van der Waals surface area contributed by atoms with Gasteiger partial charge in [-0.25, -0.2) is 4.79 Å². The zero-order valence-electron chi connectivity index (χ0n) is 17.8. The van der Waals surface area contributed by atoms with E-state index in [4.69, 9.17) is 9.84 Å². The van der Waals surface area contributed by atoms with Crippen LogP contribution in [0.2, 0.25) is 0 Å². The molecule has 2 rings (SSSR count). The number of nitrogens with zero attached hydrogens (tertiary/aromatic N) is 1. The highest BCUT2D eigenvalue weighted by molar-refractivity contribution is 9.10. The highest BCUT2D eigenvalue weighted by Crippen LogP contribution is 2.24. The first-order valence-electron chi connectivity index (χ1n) is 9.74. The molecule has 3 N–H and O–H groups in total. The maximum Gasteiger partial charge on any atom is 0.408 e. The third-order valence-corrected chi connectivity index (χ3v) is 4.53. The molecular weight excluding hydrogens is 482 g/mol. The second-order valence-electron chi connectivity index (χ2n) is 7.85. The topological polar surface area (TPSA) is 135 Å². The Morgan fingerprint density at radius 3 is 2.47 bits per heavy atom. The summed E-state index contributed by atoms with van der Waals surface area (Å²) in [5.41, 5.74) is -0.234. The van der Waals surface area contributed by atoms with Crippen LogP contribution in [0.15, 0.2) is 47.1 Å². The van der Waals surface area contributed by atoms with E-state index in [0.717, 1.165) is 0 Å². The van der Waals surface area contributed by atoms with E-state index in [1.807, 2.05) is 0 Å². The quantitative estimate of drug-likeness (QED) is 0.464. The average molecular weight is 506 g/mol. The van der Waals surface area contributed by atoms with Crippen molar-refractivity contribution in [2.75, 3.05) is 5.32 Å². The molecule has 170 valence electrons. The van der Waals surface area contributed by atoms with Crippen LogP contribution in [0.3, 0.4) is 0 Å². The monoisotopic (exact) mass is 505 g/mol. The minimum absolute atomic E-state index is 0.166. The number of amides is 2. The summed E-state index contributed by atoms with van der Waals surface area (Å²) in [5.74, 6) is -2.22. The number of hydrogen-bond donors (Lipinski definition) is 3. The summed E-state index contributed by atoms with van der Waals surface area (Å²) < 4.78 is 5.78. The molecule has 0 aliphatic rings. The number of carbonyl (C=O) groups excluding carboxylic acids is 3. The minimum atomic E-state index is -1.19. The van der Waals surface area contributed by atoms with Crippen molar-refractivity contribution >= 4 is 45.4 Å². The Hall–Kier alpha value is -3.27. The van der Waals surface area contributed by atoms with E-state index >= 15 is 0 Å². The molecule has 1 heterocycles. The molecule has 0 radical (unpaired) electrons. The number of benzene rings is 1. The van der Waals surface area contributed by atoms with Gasteiger partial charge in [-0.1, -0.05) is 22.0 Å². The lowest BCUT2D eigenvalue weighted by Gasteiger charge is -2.23. The van der Waals surface area contributed by atoms with Crippen LogP contribution in [0.1, 0.15) is 49.7 Å². The highest BCUT2D eigenvalue weighted by atomic mass is 79.9. The van der Waals surface area contributed by atoms with Gasteiger partial charge >= 0.3 is 12.1 Å². The molecule has 0 saturated heterocycles. The number of nitrogens with one attached hydrogen (secondary N) is 2. The molecule has 0 bridgehead atoms. The first-order chi connectivity index (χ1) is 15.0. The van der Waals surface area contributed by atoms with Gasteiger partial charge in [-0.15, -0.1) is 0 Å². The van der Waals surface area contributed by atoms with Crippen molar-refractivity contribution in [3.05, 3.63) is 58.3 Å². The predicted octanol–water partition coefficient (Wildman–Crippen LogP) is 3.77. The van der Waals surface area contributed by atoms with Gasteiger partial charge in [-0.2, -0.15) is 0 Å². The van der Waals surface area contributed by atoms with E-state index in [-0.39, 0.29) is 29.8 Å². The van der Waals surface area contributed by atoms with E-state index < -0.39 is 35.4 Å². The predicted molar refractivity (Wildman–Crippen MR) is 120 cm³/mol. The standard InChI is InChI=1S/C22H24BrN3O6/c1-22(2,3)32-21(31)26-17(9-10-18(27)28)20(30)25-15-8-7-13(23)12-14(15)19(29)16-6-4-5-11-24-16/h4-8,11-12,17H,9-10H2,1-3H3,(H,25,30)(H,26,31)(H,27,28)/t17-/m0/s1. The lowest BCUT2D eigenvalue weighted by Crippen LogP contribution is -2.46. The number of carbonyl (C=O) groups is 4. The van der Waals surface area contributed by atoms with E-state index in [2.05, 4.69) is 31.5 Å². The third-order valence-electron chi connectivity index (χ3n) is 4.04. The number of ether oxygens (including phenoxy) is 1. The van der Waals surface area contributed by atoms with E-state index in [1.165, 1.54) is 12.3 Å². The molecule has 0 unspecified atom stereocenters. The van der Waals surface area contributed by atoms with Gasteiger partial charge in [0.15, 0.2) is 0 Å². The number of carboxylic acids is 1. The number of anilines is 1. The summed E-state index contributed by atoms with van der Waals surface area (Å²) in [4.78, 5) is 53.0. The molecule has 0 fully saturated rings. The van der Waals surface area contributed by atoms with Crippen LogP contribution in [-0.2, 0) is 14.3 Å². The molecule has 0 spiro atoms. The second-order valence-corrected chi connectivity index (χ2v) is 8.77. The van der Waals surface area contributed by atoms with Gasteiger partial charge in [0, 0.05) is 22.7 Å². The lowest BCUT2D eigenvalue weighted by molar-refractivity contribution is -0.137. The Labute approximate surface area is 193 Å². The average Bonchev–Trinajstić information content (AvgIpc) is 2.71. The van der Waals surface area contributed by atoms with Crippen molar-refractivity contribution in [2.24, 2.45) is 0 Å². The van der Waals surface area contributed by atoms with Crippen LogP contribution in [0.25, 0.3) is 0 Å². The molecule has 2 amide bonds. The molecule has 0 aliphatic heterocycles. The fraction of sp³-hybridized carbons (Fsp3) is 0.318. The van der Waals surface area contributed by atoms with Gasteiger partial charge in [0.05, 0.1) is 5.69 Å². The van der Waals surface area contributed by atoms with Crippen LogP contribution < -0.4 is 10.6 Å². The Bertz CT molecular complexity index is 1000. The largest absolute Gasteiger partial charge is 0.481 e. The number of hydrogen-bond acceptors (Lipinski definition) is 6. The molecule has 10 heteroatoms. The summed E-state index contributed by atoms with van der Waals surface area (Å²) in [7, 11) is 0. The first kappa shape index (κ1) is 25.0. The number of halogens is 1. The van der Waals surface area contributed by atoms with Crippen molar-refractivity contribution < 1.29 is 29.0 Å². The minimum Gasteiger partial charge on any atom is -0.481 e. The zero-order chi connectivity index (χ0) is 23.9. The van der Waals surface area contributed by atoms with E-state index in [0.29, 0.717) is 4.47 Å². The molecule has 32 heavy (non-hydrogen) atoms. The van der Waals surface area contributed by atoms with Crippen LogP contribution >= 0.6 is 15.9 Å². The van der Waals surface area contributed by atoms with Gasteiger partial charge in [0.1, 0.15) is 17.3 Å². The van der Waals surface area contributed by atoms with Gasteiger partial charge in [-0.05, 0) is 57.5 Å². The van der Waals surface area contributed by atoms with Crippen molar-refractivity contribution in [1.29, 1.82) is 0 Å². The van der Waals surface area contributed by atoms with Crippen LogP contribution in [0, 0.1) is 0 Å². The fourth-order valence-corrected chi connectivity index (χ4v) is 3.02. The Morgan fingerprint density at radius 2 is 1.88 bits per heavy atom. The van der Waals surface area contributed by atoms with Crippen LogP contribution in [-0.4, -0.2) is 45.5 Å². The molecular formula is C22H24BrN3O6. The third kappa shape index (κ3) is 7.77. The smallest absolute Gasteiger partial charge is 0.408 e. The van der Waals surface area contributed by atoms with Gasteiger partial charge in [0.2, 0.25) is 11.7 Å². The number of aliphatic carboxylic acids is 1. The van der Waals surface area contributed by atoms with Crippen molar-refractivity contribution in [3.8, 4) is 0 Å². The Kier molecular flexibility index (Phi) is 8.48. The lowest BCUT2D eigenvalue weighted by atomic mass is 10.0. The zero-order valence-corrected chi connectivity index (χ0v) is 19.4. The Balaban J connectivity index is 2.27. The van der Waals surface area contributed by atoms with E-state index in [1.54, 1.807) is 51.1 Å². The number of rotatable bonds is 8. The maximum absolute atomic E-state index is 12.9. The summed E-state index contributed by atoms with van der Waals surface area (Å²) in [6, 6.07) is 8.41. The molecule has 1 aromatic heterocycles. The Morgan fingerprint density at radius 1 is 1.16 bits per heavy atom. The van der Waals surface area contributed by atoms with Crippen molar-refractivity contribution in [3.63, 3.8) is 0 Å². The molecule has 1 aromatic carbocycles. The fourth-order valence-electron chi connectivity index (χ4n) is 2.65. The number of pyridine rings is 1. The van der Waals surface area contributed by atoms with Gasteiger partial charge < -0.3 is 20.5 Å². The van der Waals surface area contributed by atoms with Crippen molar-refractivity contribution in [1.82, 2.24) is 10.3 Å². The first-order valence-corrected chi connectivity index (χ1v) is 10.5. The highest BCUT2D eigenvalue weighted by Gasteiger charge is 2.26. The molecule has 9 nitrogen and oxygen atoms in total.